The molecule has 1 N–H and O–H groups in total. The summed E-state index contributed by atoms with van der Waals surface area (Å²) in [6.07, 6.45) is 4.06. The van der Waals surface area contributed by atoms with E-state index in [-0.39, 0.29) is 23.0 Å². The molecule has 0 bridgehead atoms. The second-order valence-corrected chi connectivity index (χ2v) is 8.06. The van der Waals surface area contributed by atoms with E-state index in [9.17, 15) is 5.11 Å². The Balaban J connectivity index is 1.99. The van der Waals surface area contributed by atoms with Crippen molar-refractivity contribution >= 4 is 12.0 Å². The van der Waals surface area contributed by atoms with Crippen molar-refractivity contribution in [2.75, 3.05) is 27.3 Å². The molecule has 2 aliphatic carbocycles. The van der Waals surface area contributed by atoms with E-state index in [1.54, 1.807) is 19.3 Å². The van der Waals surface area contributed by atoms with Gasteiger partial charge in [-0.2, -0.15) is 8.78 Å². The van der Waals surface area contributed by atoms with Crippen molar-refractivity contribution in [2.45, 2.75) is 64.1 Å². The van der Waals surface area contributed by atoms with E-state index in [0.29, 0.717) is 43.5 Å². The number of nitrogens with zero attached hydrogens (tertiary/aromatic N) is 2. The minimum Gasteiger partial charge on any atom is -0.496 e. The topological polar surface area (TPSA) is 54.3 Å². The lowest BCUT2D eigenvalue weighted by Crippen LogP contribution is -2.59. The van der Waals surface area contributed by atoms with Crippen LogP contribution in [0.4, 0.5) is 14.5 Å². The van der Waals surface area contributed by atoms with Crippen LogP contribution in [0.25, 0.3) is 0 Å². The van der Waals surface area contributed by atoms with Crippen molar-refractivity contribution in [2.24, 2.45) is 10.9 Å². The highest BCUT2D eigenvalue weighted by Crippen LogP contribution is 2.66. The number of ether oxygens (including phenoxy) is 2. The second-order valence-electron chi connectivity index (χ2n) is 8.06. The van der Waals surface area contributed by atoms with Crippen molar-refractivity contribution in [3.8, 4) is 5.75 Å². The molecule has 162 valence electrons. The molecule has 1 aromatic carbocycles. The van der Waals surface area contributed by atoms with Crippen LogP contribution in [0.2, 0.25) is 0 Å². The molecular weight excluding hydrogens is 378 g/mol. The Bertz CT molecular complexity index is 776. The molecule has 0 spiro atoms. The smallest absolute Gasteiger partial charge is 0.306 e. The van der Waals surface area contributed by atoms with E-state index in [0.717, 1.165) is 6.54 Å². The standard InChI is InChI=1S/C22H32F2N2O3/c1-6-26(4)13-25-17-12-18(28-5)20-19(14(17)3)22(23,24)21(20,27)15-8-10-16(11-9-15)29-7-2/h12-13,15-16,27H,6-11H2,1-5H3. The van der Waals surface area contributed by atoms with Gasteiger partial charge in [0.15, 0.2) is 5.60 Å². The van der Waals surface area contributed by atoms with Crippen molar-refractivity contribution < 1.29 is 23.4 Å². The molecule has 0 aliphatic heterocycles. The highest BCUT2D eigenvalue weighted by atomic mass is 19.3. The zero-order valence-electron chi connectivity index (χ0n) is 18.0. The summed E-state index contributed by atoms with van der Waals surface area (Å²) in [6.45, 7) is 6.91. The fourth-order valence-corrected chi connectivity index (χ4v) is 4.68. The van der Waals surface area contributed by atoms with Gasteiger partial charge in [-0.25, -0.2) is 4.99 Å². The normalized spacial score (nSPS) is 28.1. The van der Waals surface area contributed by atoms with Gasteiger partial charge in [0.25, 0.3) is 0 Å². The van der Waals surface area contributed by atoms with E-state index >= 15 is 8.78 Å². The molecule has 0 saturated heterocycles. The maximum atomic E-state index is 15.4. The summed E-state index contributed by atoms with van der Waals surface area (Å²) >= 11 is 0. The lowest BCUT2D eigenvalue weighted by atomic mass is 9.58. The van der Waals surface area contributed by atoms with Gasteiger partial charge >= 0.3 is 5.92 Å². The van der Waals surface area contributed by atoms with Gasteiger partial charge in [0.2, 0.25) is 0 Å². The minimum absolute atomic E-state index is 0.0870. The summed E-state index contributed by atoms with van der Waals surface area (Å²) in [5, 5.41) is 11.3. The van der Waals surface area contributed by atoms with Crippen LogP contribution in [0.1, 0.15) is 56.2 Å². The van der Waals surface area contributed by atoms with Crippen LogP contribution in [-0.2, 0) is 16.3 Å². The predicted molar refractivity (Wildman–Crippen MR) is 109 cm³/mol. The highest BCUT2D eigenvalue weighted by Gasteiger charge is 2.71. The third kappa shape index (κ3) is 3.42. The molecule has 1 aromatic rings. The van der Waals surface area contributed by atoms with Crippen LogP contribution in [0.5, 0.6) is 5.75 Å². The van der Waals surface area contributed by atoms with Gasteiger partial charge in [0, 0.05) is 37.4 Å². The Morgan fingerprint density at radius 1 is 1.24 bits per heavy atom. The maximum Gasteiger partial charge on any atom is 0.306 e. The molecule has 0 amide bonds. The molecule has 1 saturated carbocycles. The predicted octanol–water partition coefficient (Wildman–Crippen LogP) is 4.50. The van der Waals surface area contributed by atoms with Crippen molar-refractivity contribution in [1.29, 1.82) is 0 Å². The van der Waals surface area contributed by atoms with E-state index in [1.807, 2.05) is 25.8 Å². The molecule has 5 nitrogen and oxygen atoms in total. The van der Waals surface area contributed by atoms with Gasteiger partial charge in [-0.15, -0.1) is 0 Å². The Morgan fingerprint density at radius 3 is 2.45 bits per heavy atom. The van der Waals surface area contributed by atoms with E-state index in [1.165, 1.54) is 7.11 Å². The van der Waals surface area contributed by atoms with E-state index in [2.05, 4.69) is 4.99 Å². The number of alkyl halides is 2. The Hall–Kier alpha value is -1.73. The third-order valence-electron chi connectivity index (χ3n) is 6.48. The van der Waals surface area contributed by atoms with Crippen molar-refractivity contribution in [1.82, 2.24) is 4.90 Å². The van der Waals surface area contributed by atoms with Crippen LogP contribution in [0, 0.1) is 12.8 Å². The third-order valence-corrected chi connectivity index (χ3v) is 6.48. The molecule has 0 radical (unpaired) electrons. The molecule has 3 rings (SSSR count). The summed E-state index contributed by atoms with van der Waals surface area (Å²) in [6, 6.07) is 1.65. The summed E-state index contributed by atoms with van der Waals surface area (Å²) in [5.41, 5.74) is -1.30. The van der Waals surface area contributed by atoms with Crippen molar-refractivity contribution in [3.05, 3.63) is 22.8 Å². The number of hydrogen-bond donors (Lipinski definition) is 1. The molecule has 1 unspecified atom stereocenters. The SMILES string of the molecule is CCOC1CCC(C2(O)c3c(OC)cc(N=CN(C)CC)c(C)c3C2(F)F)CC1. The van der Waals surface area contributed by atoms with Gasteiger partial charge in [0.1, 0.15) is 5.75 Å². The highest BCUT2D eigenvalue weighted by molar-refractivity contribution is 5.71. The lowest BCUT2D eigenvalue weighted by molar-refractivity contribution is -0.260. The van der Waals surface area contributed by atoms with Crippen LogP contribution in [0.3, 0.4) is 0 Å². The Kier molecular flexibility index (Phi) is 6.20. The first-order chi connectivity index (χ1) is 13.7. The molecule has 0 heterocycles. The van der Waals surface area contributed by atoms with Gasteiger partial charge in [0.05, 0.1) is 25.2 Å². The molecule has 1 fully saturated rings. The van der Waals surface area contributed by atoms with Gasteiger partial charge in [-0.1, -0.05) is 0 Å². The molecule has 0 aromatic heterocycles. The Labute approximate surface area is 171 Å². The first kappa shape index (κ1) is 22.0. The average molecular weight is 411 g/mol. The molecular formula is C22H32F2N2O3. The molecule has 1 atom stereocenters. The van der Waals surface area contributed by atoms with Crippen LogP contribution in [0.15, 0.2) is 11.1 Å². The minimum atomic E-state index is -3.34. The van der Waals surface area contributed by atoms with Crippen LogP contribution in [-0.4, -0.2) is 49.8 Å². The first-order valence-electron chi connectivity index (χ1n) is 10.4. The number of rotatable bonds is 7. The van der Waals surface area contributed by atoms with Crippen molar-refractivity contribution in [3.63, 3.8) is 0 Å². The number of aliphatic hydroxyl groups is 1. The first-order valence-corrected chi connectivity index (χ1v) is 10.4. The number of methoxy groups -OCH3 is 1. The monoisotopic (exact) mass is 410 g/mol. The molecule has 29 heavy (non-hydrogen) atoms. The fraction of sp³-hybridized carbons (Fsp3) is 0.682. The zero-order chi connectivity index (χ0) is 21.4. The zero-order valence-corrected chi connectivity index (χ0v) is 18.0. The summed E-state index contributed by atoms with van der Waals surface area (Å²) in [4.78, 5) is 6.22. The number of hydrogen-bond acceptors (Lipinski definition) is 4. The second kappa shape index (κ2) is 8.19. The number of aliphatic imine (C=N–C) groups is 1. The van der Waals surface area contributed by atoms with Crippen LogP contribution >= 0.6 is 0 Å². The van der Waals surface area contributed by atoms with Crippen LogP contribution < -0.4 is 4.74 Å². The van der Waals surface area contributed by atoms with Gasteiger partial charge < -0.3 is 19.5 Å². The molecule has 7 heteroatoms. The quantitative estimate of drug-likeness (QED) is 0.531. The summed E-state index contributed by atoms with van der Waals surface area (Å²) in [7, 11) is 3.31. The maximum absolute atomic E-state index is 15.4. The summed E-state index contributed by atoms with van der Waals surface area (Å²) < 4.78 is 41.9. The lowest BCUT2D eigenvalue weighted by Gasteiger charge is -2.53. The van der Waals surface area contributed by atoms with Gasteiger partial charge in [-0.05, 0) is 57.9 Å². The van der Waals surface area contributed by atoms with Gasteiger partial charge in [-0.3, -0.25) is 0 Å². The molecule has 2 aliphatic rings. The van der Waals surface area contributed by atoms with E-state index < -0.39 is 17.4 Å². The Morgan fingerprint density at radius 2 is 1.90 bits per heavy atom. The number of fused-ring (bicyclic) bond motifs is 1. The van der Waals surface area contributed by atoms with E-state index in [4.69, 9.17) is 9.47 Å². The fourth-order valence-electron chi connectivity index (χ4n) is 4.68. The largest absolute Gasteiger partial charge is 0.496 e. The number of halogens is 2. The number of benzene rings is 1. The summed E-state index contributed by atoms with van der Waals surface area (Å²) in [5.74, 6) is -3.60. The average Bonchev–Trinajstić information content (AvgIpc) is 2.72.